The van der Waals surface area contributed by atoms with Crippen molar-refractivity contribution in [2.45, 2.75) is 31.8 Å². The summed E-state index contributed by atoms with van der Waals surface area (Å²) in [6.45, 7) is 2.00. The van der Waals surface area contributed by atoms with E-state index >= 15 is 0 Å². The molecule has 100 valence electrons. The van der Waals surface area contributed by atoms with Crippen LogP contribution in [0.2, 0.25) is 0 Å². The summed E-state index contributed by atoms with van der Waals surface area (Å²) in [5.74, 6) is 0.902. The maximum atomic E-state index is 6.42. The molecule has 0 saturated heterocycles. The first-order chi connectivity index (χ1) is 9.19. The molecule has 19 heavy (non-hydrogen) atoms. The third kappa shape index (κ3) is 2.12. The van der Waals surface area contributed by atoms with Gasteiger partial charge in [0.2, 0.25) is 0 Å². The van der Waals surface area contributed by atoms with Gasteiger partial charge in [-0.15, -0.1) is 0 Å². The lowest BCUT2D eigenvalue weighted by Crippen LogP contribution is -2.30. The van der Waals surface area contributed by atoms with Crippen molar-refractivity contribution >= 4 is 0 Å². The molecule has 1 aliphatic rings. The zero-order valence-electron chi connectivity index (χ0n) is 11.3. The van der Waals surface area contributed by atoms with Gasteiger partial charge in [0.15, 0.2) is 0 Å². The summed E-state index contributed by atoms with van der Waals surface area (Å²) >= 11 is 0. The van der Waals surface area contributed by atoms with Crippen molar-refractivity contribution < 1.29 is 4.74 Å². The van der Waals surface area contributed by atoms with E-state index in [1.54, 1.807) is 7.11 Å². The van der Waals surface area contributed by atoms with Crippen LogP contribution in [0.25, 0.3) is 0 Å². The molecule has 0 bridgehead atoms. The van der Waals surface area contributed by atoms with E-state index in [9.17, 15) is 0 Å². The first kappa shape index (κ1) is 12.2. The fourth-order valence-electron chi connectivity index (χ4n) is 2.86. The van der Waals surface area contributed by atoms with E-state index in [0.717, 1.165) is 24.3 Å². The van der Waals surface area contributed by atoms with Gasteiger partial charge in [0.05, 0.1) is 24.9 Å². The Morgan fingerprint density at radius 1 is 1.37 bits per heavy atom. The van der Waals surface area contributed by atoms with Gasteiger partial charge in [-0.2, -0.15) is 5.10 Å². The van der Waals surface area contributed by atoms with Gasteiger partial charge in [0.25, 0.3) is 0 Å². The highest BCUT2D eigenvalue weighted by Gasteiger charge is 2.28. The monoisotopic (exact) mass is 257 g/mol. The Labute approximate surface area is 113 Å². The number of methoxy groups -OCH3 is 1. The highest BCUT2D eigenvalue weighted by molar-refractivity contribution is 5.39. The lowest BCUT2D eigenvalue weighted by Gasteiger charge is -2.31. The summed E-state index contributed by atoms with van der Waals surface area (Å²) < 4.78 is 7.28. The Kier molecular flexibility index (Phi) is 3.03. The zero-order valence-corrected chi connectivity index (χ0v) is 11.3. The molecule has 1 heterocycles. The summed E-state index contributed by atoms with van der Waals surface area (Å²) in [4.78, 5) is 0. The molecule has 0 radical (unpaired) electrons. The van der Waals surface area contributed by atoms with Crippen LogP contribution < -0.4 is 10.5 Å². The number of hydrogen-bond acceptors (Lipinski definition) is 3. The average molecular weight is 257 g/mol. The van der Waals surface area contributed by atoms with Gasteiger partial charge >= 0.3 is 0 Å². The molecule has 2 aromatic rings. The van der Waals surface area contributed by atoms with Crippen molar-refractivity contribution in [3.05, 3.63) is 47.3 Å². The Bertz CT molecular complexity index is 591. The highest BCUT2D eigenvalue weighted by atomic mass is 16.5. The Hall–Kier alpha value is -1.81. The number of nitrogens with zero attached hydrogens (tertiary/aromatic N) is 2. The van der Waals surface area contributed by atoms with Gasteiger partial charge in [-0.3, -0.25) is 4.68 Å². The minimum Gasteiger partial charge on any atom is -0.497 e. The van der Waals surface area contributed by atoms with Crippen LogP contribution in [0.5, 0.6) is 5.75 Å². The van der Waals surface area contributed by atoms with Gasteiger partial charge < -0.3 is 10.5 Å². The highest BCUT2D eigenvalue weighted by Crippen LogP contribution is 2.37. The van der Waals surface area contributed by atoms with Crippen LogP contribution in [0.15, 0.2) is 30.5 Å². The molecule has 4 heteroatoms. The second kappa shape index (κ2) is 4.70. The van der Waals surface area contributed by atoms with Crippen molar-refractivity contribution in [3.63, 3.8) is 0 Å². The molecule has 0 saturated carbocycles. The van der Waals surface area contributed by atoms with Crippen LogP contribution in [0.3, 0.4) is 0 Å². The zero-order chi connectivity index (χ0) is 13.4. The SMILES string of the molecule is COc1ccc2c(c1)CCC(n1ccc(C)n1)C2N. The van der Waals surface area contributed by atoms with E-state index in [2.05, 4.69) is 17.2 Å². The normalized spacial score (nSPS) is 22.1. The minimum absolute atomic E-state index is 0.00560. The van der Waals surface area contributed by atoms with E-state index < -0.39 is 0 Å². The summed E-state index contributed by atoms with van der Waals surface area (Å²) in [6, 6.07) is 8.43. The molecule has 1 aromatic carbocycles. The summed E-state index contributed by atoms with van der Waals surface area (Å²) in [6.07, 6.45) is 4.06. The van der Waals surface area contributed by atoms with E-state index in [4.69, 9.17) is 10.5 Å². The van der Waals surface area contributed by atoms with Crippen molar-refractivity contribution in [1.29, 1.82) is 0 Å². The molecule has 0 fully saturated rings. The largest absolute Gasteiger partial charge is 0.497 e. The third-order valence-corrected chi connectivity index (χ3v) is 3.91. The second-order valence-corrected chi connectivity index (χ2v) is 5.13. The third-order valence-electron chi connectivity index (χ3n) is 3.91. The van der Waals surface area contributed by atoms with Gasteiger partial charge in [0.1, 0.15) is 5.75 Å². The summed E-state index contributed by atoms with van der Waals surface area (Å²) in [5, 5.41) is 4.50. The summed E-state index contributed by atoms with van der Waals surface area (Å²) in [5.41, 5.74) is 9.97. The topological polar surface area (TPSA) is 53.1 Å². The maximum absolute atomic E-state index is 6.42. The van der Waals surface area contributed by atoms with Crippen LogP contribution in [0, 0.1) is 6.92 Å². The molecule has 2 atom stereocenters. The molecule has 0 spiro atoms. The quantitative estimate of drug-likeness (QED) is 0.898. The fourth-order valence-corrected chi connectivity index (χ4v) is 2.86. The molecule has 3 rings (SSSR count). The van der Waals surface area contributed by atoms with Gasteiger partial charge in [0, 0.05) is 6.20 Å². The number of nitrogens with two attached hydrogens (primary N) is 1. The second-order valence-electron chi connectivity index (χ2n) is 5.13. The first-order valence-electron chi connectivity index (χ1n) is 6.63. The fraction of sp³-hybridized carbons (Fsp3) is 0.400. The minimum atomic E-state index is -0.00560. The van der Waals surface area contributed by atoms with E-state index in [1.165, 1.54) is 11.1 Å². The molecule has 1 aromatic heterocycles. The van der Waals surface area contributed by atoms with Crippen LogP contribution in [0.4, 0.5) is 0 Å². The lowest BCUT2D eigenvalue weighted by molar-refractivity contribution is 0.340. The Morgan fingerprint density at radius 2 is 2.21 bits per heavy atom. The number of ether oxygens (including phenoxy) is 1. The predicted molar refractivity (Wildman–Crippen MR) is 74.2 cm³/mol. The van der Waals surface area contributed by atoms with Crippen LogP contribution >= 0.6 is 0 Å². The smallest absolute Gasteiger partial charge is 0.119 e. The average Bonchev–Trinajstić information content (AvgIpc) is 2.85. The number of aromatic nitrogens is 2. The standard InChI is InChI=1S/C15H19N3O/c1-10-7-8-18(17-10)14-6-3-11-9-12(19-2)4-5-13(11)15(14)16/h4-5,7-9,14-15H,3,6,16H2,1-2H3. The number of rotatable bonds is 2. The van der Waals surface area contributed by atoms with Gasteiger partial charge in [-0.1, -0.05) is 6.07 Å². The van der Waals surface area contributed by atoms with Gasteiger partial charge in [-0.25, -0.2) is 0 Å². The molecule has 0 amide bonds. The number of aryl methyl sites for hydroxylation is 2. The molecule has 2 N–H and O–H groups in total. The molecule has 1 aliphatic carbocycles. The predicted octanol–water partition coefficient (Wildman–Crippen LogP) is 2.39. The molecule has 0 aliphatic heterocycles. The van der Waals surface area contributed by atoms with Crippen LogP contribution in [-0.2, 0) is 6.42 Å². The summed E-state index contributed by atoms with van der Waals surface area (Å²) in [7, 11) is 1.69. The van der Waals surface area contributed by atoms with Crippen molar-refractivity contribution in [1.82, 2.24) is 9.78 Å². The lowest BCUT2D eigenvalue weighted by atomic mass is 9.84. The molecular weight excluding hydrogens is 238 g/mol. The van der Waals surface area contributed by atoms with Crippen molar-refractivity contribution in [2.75, 3.05) is 7.11 Å². The van der Waals surface area contributed by atoms with Crippen molar-refractivity contribution in [2.24, 2.45) is 5.73 Å². The van der Waals surface area contributed by atoms with Crippen LogP contribution in [0.1, 0.15) is 35.3 Å². The number of fused-ring (bicyclic) bond motifs is 1. The van der Waals surface area contributed by atoms with Crippen LogP contribution in [-0.4, -0.2) is 16.9 Å². The number of benzene rings is 1. The molecule has 4 nitrogen and oxygen atoms in total. The Morgan fingerprint density at radius 3 is 2.89 bits per heavy atom. The molecule has 2 unspecified atom stereocenters. The maximum Gasteiger partial charge on any atom is 0.119 e. The molecular formula is C15H19N3O. The van der Waals surface area contributed by atoms with Gasteiger partial charge in [-0.05, 0) is 49.1 Å². The van der Waals surface area contributed by atoms with E-state index in [0.29, 0.717) is 0 Å². The first-order valence-corrected chi connectivity index (χ1v) is 6.63. The van der Waals surface area contributed by atoms with Crippen molar-refractivity contribution in [3.8, 4) is 5.75 Å². The Balaban J connectivity index is 1.93. The number of hydrogen-bond donors (Lipinski definition) is 1. The van der Waals surface area contributed by atoms with E-state index in [1.807, 2.05) is 29.9 Å². The van der Waals surface area contributed by atoms with E-state index in [-0.39, 0.29) is 12.1 Å².